The van der Waals surface area contributed by atoms with Crippen LogP contribution in [0, 0.1) is 46.8 Å². The van der Waals surface area contributed by atoms with E-state index in [0.29, 0.717) is 5.41 Å². The van der Waals surface area contributed by atoms with Gasteiger partial charge in [0.2, 0.25) is 0 Å². The fourth-order valence-electron chi connectivity index (χ4n) is 7.05. The third-order valence-corrected chi connectivity index (χ3v) is 8.42. The van der Waals surface area contributed by atoms with Crippen LogP contribution < -0.4 is 0 Å². The smallest absolute Gasteiger partial charge is 0.0116 e. The van der Waals surface area contributed by atoms with E-state index in [1.165, 1.54) is 25.7 Å². The van der Waals surface area contributed by atoms with Crippen LogP contribution in [0.15, 0.2) is 12.2 Å². The SMILES string of the molecule is C=C1C2CCC3CCCC4CCC(C2C34)C(C)C1(C)C. The highest BCUT2D eigenvalue weighted by atomic mass is 14.6. The van der Waals surface area contributed by atoms with E-state index in [4.69, 9.17) is 0 Å². The van der Waals surface area contributed by atoms with E-state index < -0.39 is 0 Å². The Morgan fingerprint density at radius 3 is 2.25 bits per heavy atom. The van der Waals surface area contributed by atoms with Crippen LogP contribution in [0.2, 0.25) is 0 Å². The van der Waals surface area contributed by atoms with Crippen LogP contribution in [-0.4, -0.2) is 0 Å². The van der Waals surface area contributed by atoms with Gasteiger partial charge in [0.1, 0.15) is 0 Å². The van der Waals surface area contributed by atoms with Crippen molar-refractivity contribution in [1.29, 1.82) is 0 Å². The van der Waals surface area contributed by atoms with Crippen LogP contribution in [0.3, 0.4) is 0 Å². The first-order valence-electron chi connectivity index (χ1n) is 9.21. The molecular formula is C20H32. The molecule has 4 aliphatic rings. The summed E-state index contributed by atoms with van der Waals surface area (Å²) in [6.45, 7) is 12.1. The summed E-state index contributed by atoms with van der Waals surface area (Å²) in [7, 11) is 0. The lowest BCUT2D eigenvalue weighted by atomic mass is 9.42. The minimum Gasteiger partial charge on any atom is -0.0990 e. The lowest BCUT2D eigenvalue weighted by molar-refractivity contribution is -0.101. The maximum atomic E-state index is 4.62. The maximum absolute atomic E-state index is 4.62. The summed E-state index contributed by atoms with van der Waals surface area (Å²) in [5.74, 6) is 6.98. The summed E-state index contributed by atoms with van der Waals surface area (Å²) in [4.78, 5) is 0. The van der Waals surface area contributed by atoms with Gasteiger partial charge in [0.25, 0.3) is 0 Å². The lowest BCUT2D eigenvalue weighted by Crippen LogP contribution is -2.55. The first-order chi connectivity index (χ1) is 9.51. The molecule has 0 bridgehead atoms. The minimum absolute atomic E-state index is 0.375. The predicted molar refractivity (Wildman–Crippen MR) is 85.3 cm³/mol. The van der Waals surface area contributed by atoms with E-state index in [2.05, 4.69) is 27.4 Å². The minimum atomic E-state index is 0.375. The molecule has 0 aliphatic heterocycles. The molecule has 0 saturated heterocycles. The van der Waals surface area contributed by atoms with Crippen LogP contribution in [0.5, 0.6) is 0 Å². The molecule has 7 atom stereocenters. The third kappa shape index (κ3) is 1.60. The van der Waals surface area contributed by atoms with Crippen molar-refractivity contribution >= 4 is 0 Å². The number of hydrogen-bond donors (Lipinski definition) is 0. The fraction of sp³-hybridized carbons (Fsp3) is 0.900. The highest BCUT2D eigenvalue weighted by Crippen LogP contribution is 2.65. The van der Waals surface area contributed by atoms with Gasteiger partial charge in [0.05, 0.1) is 0 Å². The Balaban J connectivity index is 1.74. The van der Waals surface area contributed by atoms with Crippen LogP contribution in [-0.2, 0) is 0 Å². The zero-order valence-corrected chi connectivity index (χ0v) is 13.7. The average Bonchev–Trinajstić information content (AvgIpc) is 2.45. The molecule has 20 heavy (non-hydrogen) atoms. The highest BCUT2D eigenvalue weighted by Gasteiger charge is 2.57. The second kappa shape index (κ2) is 4.37. The fourth-order valence-corrected chi connectivity index (χ4v) is 7.05. The molecule has 0 aromatic rings. The Hall–Kier alpha value is -0.260. The Bertz CT molecular complexity index is 412. The summed E-state index contributed by atoms with van der Waals surface area (Å²) < 4.78 is 0. The van der Waals surface area contributed by atoms with Crippen LogP contribution in [0.25, 0.3) is 0 Å². The van der Waals surface area contributed by atoms with Gasteiger partial charge in [-0.15, -0.1) is 0 Å². The van der Waals surface area contributed by atoms with E-state index in [0.717, 1.165) is 41.4 Å². The molecule has 4 fully saturated rings. The molecule has 4 aliphatic carbocycles. The molecule has 0 heterocycles. The first kappa shape index (κ1) is 13.4. The van der Waals surface area contributed by atoms with Gasteiger partial charge < -0.3 is 0 Å². The van der Waals surface area contributed by atoms with Crippen molar-refractivity contribution in [3.05, 3.63) is 12.2 Å². The van der Waals surface area contributed by atoms with Crippen molar-refractivity contribution in [3.63, 3.8) is 0 Å². The number of rotatable bonds is 0. The summed E-state index contributed by atoms with van der Waals surface area (Å²) in [6.07, 6.45) is 10.6. The molecule has 0 heteroatoms. The molecule has 0 aromatic heterocycles. The zero-order chi connectivity index (χ0) is 14.1. The predicted octanol–water partition coefficient (Wildman–Crippen LogP) is 5.69. The van der Waals surface area contributed by atoms with Gasteiger partial charge in [-0.3, -0.25) is 0 Å². The van der Waals surface area contributed by atoms with E-state index in [1.807, 2.05) is 0 Å². The maximum Gasteiger partial charge on any atom is -0.0116 e. The van der Waals surface area contributed by atoms with Gasteiger partial charge in [-0.05, 0) is 72.5 Å². The molecule has 0 spiro atoms. The van der Waals surface area contributed by atoms with Gasteiger partial charge in [0, 0.05) is 0 Å². The Morgan fingerprint density at radius 2 is 1.55 bits per heavy atom. The third-order valence-electron chi connectivity index (χ3n) is 8.42. The second-order valence-electron chi connectivity index (χ2n) is 9.07. The van der Waals surface area contributed by atoms with Gasteiger partial charge in [0.15, 0.2) is 0 Å². The molecule has 0 amide bonds. The van der Waals surface area contributed by atoms with Crippen molar-refractivity contribution < 1.29 is 0 Å². The second-order valence-corrected chi connectivity index (χ2v) is 9.07. The molecular weight excluding hydrogens is 240 g/mol. The summed E-state index contributed by atoms with van der Waals surface area (Å²) in [6, 6.07) is 0. The van der Waals surface area contributed by atoms with Gasteiger partial charge >= 0.3 is 0 Å². The molecule has 112 valence electrons. The van der Waals surface area contributed by atoms with E-state index in [1.54, 1.807) is 24.8 Å². The molecule has 0 nitrogen and oxygen atoms in total. The van der Waals surface area contributed by atoms with Gasteiger partial charge in [-0.2, -0.15) is 0 Å². The molecule has 0 N–H and O–H groups in total. The topological polar surface area (TPSA) is 0 Å². The molecule has 0 aromatic carbocycles. The Kier molecular flexibility index (Phi) is 2.93. The van der Waals surface area contributed by atoms with Gasteiger partial charge in [-0.1, -0.05) is 52.2 Å². The van der Waals surface area contributed by atoms with Gasteiger partial charge in [-0.25, -0.2) is 0 Å². The number of hydrogen-bond acceptors (Lipinski definition) is 0. The summed E-state index contributed by atoms with van der Waals surface area (Å²) in [5.41, 5.74) is 2.00. The summed E-state index contributed by atoms with van der Waals surface area (Å²) in [5, 5.41) is 0. The lowest BCUT2D eigenvalue weighted by Gasteiger charge is -2.63. The van der Waals surface area contributed by atoms with E-state index in [-0.39, 0.29) is 0 Å². The van der Waals surface area contributed by atoms with Crippen molar-refractivity contribution in [2.24, 2.45) is 46.8 Å². The van der Waals surface area contributed by atoms with Crippen molar-refractivity contribution in [1.82, 2.24) is 0 Å². The summed E-state index contributed by atoms with van der Waals surface area (Å²) >= 11 is 0. The van der Waals surface area contributed by atoms with Crippen molar-refractivity contribution in [2.75, 3.05) is 0 Å². The van der Waals surface area contributed by atoms with Crippen LogP contribution in [0.4, 0.5) is 0 Å². The van der Waals surface area contributed by atoms with E-state index >= 15 is 0 Å². The van der Waals surface area contributed by atoms with E-state index in [9.17, 15) is 0 Å². The van der Waals surface area contributed by atoms with Crippen LogP contribution >= 0.6 is 0 Å². The van der Waals surface area contributed by atoms with Crippen molar-refractivity contribution in [3.8, 4) is 0 Å². The normalized spacial score (nSPS) is 53.4. The monoisotopic (exact) mass is 272 g/mol. The van der Waals surface area contributed by atoms with Crippen molar-refractivity contribution in [2.45, 2.75) is 65.7 Å². The zero-order valence-electron chi connectivity index (χ0n) is 13.7. The quantitative estimate of drug-likeness (QED) is 0.497. The van der Waals surface area contributed by atoms with Crippen LogP contribution in [0.1, 0.15) is 65.7 Å². The number of allylic oxidation sites excluding steroid dienone is 1. The molecule has 0 radical (unpaired) electrons. The largest absolute Gasteiger partial charge is 0.0990 e. The highest BCUT2D eigenvalue weighted by molar-refractivity contribution is 5.22. The average molecular weight is 272 g/mol. The molecule has 7 unspecified atom stereocenters. The first-order valence-corrected chi connectivity index (χ1v) is 9.21. The Morgan fingerprint density at radius 1 is 0.900 bits per heavy atom. The standard InChI is InChI=1S/C20H32/c1-12-16-10-8-14-6-5-7-15-9-11-17(19(16)18(14)15)13(2)20(12,3)4/h13-19H,1,5-11H2,2-4H3. The molecule has 4 rings (SSSR count). The molecule has 4 saturated carbocycles. The Labute approximate surface area is 125 Å².